The van der Waals surface area contributed by atoms with Crippen molar-refractivity contribution in [3.63, 3.8) is 0 Å². The highest BCUT2D eigenvalue weighted by atomic mass is 32.2. The predicted molar refractivity (Wildman–Crippen MR) is 148 cm³/mol. The highest BCUT2D eigenvalue weighted by molar-refractivity contribution is 7.90. The van der Waals surface area contributed by atoms with Gasteiger partial charge in [0.1, 0.15) is 34.3 Å². The summed E-state index contributed by atoms with van der Waals surface area (Å²) < 4.78 is 54.6. The lowest BCUT2D eigenvalue weighted by molar-refractivity contribution is 0.549. The van der Waals surface area contributed by atoms with Crippen molar-refractivity contribution in [3.8, 4) is 0 Å². The molecule has 0 aliphatic carbocycles. The summed E-state index contributed by atoms with van der Waals surface area (Å²) in [6.07, 6.45) is 2.26. The molecular weight excluding hydrogens is 518 g/mol. The van der Waals surface area contributed by atoms with Crippen LogP contribution >= 0.6 is 0 Å². The quantitative estimate of drug-likeness (QED) is 0.229. The standard InChI is InChI=1S/C30H28F2N4O2S/c1-20-21(2)36(17-23-6-4-3-5-7-23)30-28(20)29(34-19-35-30)33-15-14-22-8-10-24(11-9-22)18-39(37,38)27-13-12-25(31)16-26(27)32/h3-13,16,19H,14-15,17-18H2,1-2H3,(H,33,34,35). The van der Waals surface area contributed by atoms with Crippen molar-refractivity contribution in [1.82, 2.24) is 14.5 Å². The fourth-order valence-corrected chi connectivity index (χ4v) is 6.13. The average molecular weight is 547 g/mol. The van der Waals surface area contributed by atoms with Crippen LogP contribution in [0.2, 0.25) is 0 Å². The number of hydrogen-bond donors (Lipinski definition) is 1. The van der Waals surface area contributed by atoms with Crippen LogP contribution in [0.15, 0.2) is 84.0 Å². The monoisotopic (exact) mass is 546 g/mol. The third kappa shape index (κ3) is 5.68. The molecule has 2 heterocycles. The summed E-state index contributed by atoms with van der Waals surface area (Å²) in [6.45, 7) is 5.52. The van der Waals surface area contributed by atoms with Crippen molar-refractivity contribution in [2.75, 3.05) is 11.9 Å². The summed E-state index contributed by atoms with van der Waals surface area (Å²) in [7, 11) is -3.94. The minimum atomic E-state index is -3.94. The smallest absolute Gasteiger partial charge is 0.185 e. The first-order valence-corrected chi connectivity index (χ1v) is 14.2. The van der Waals surface area contributed by atoms with Gasteiger partial charge in [-0.1, -0.05) is 54.6 Å². The van der Waals surface area contributed by atoms with Crippen molar-refractivity contribution >= 4 is 26.7 Å². The number of aryl methyl sites for hydroxylation is 1. The average Bonchev–Trinajstić information content (AvgIpc) is 3.15. The summed E-state index contributed by atoms with van der Waals surface area (Å²) >= 11 is 0. The number of anilines is 1. The van der Waals surface area contributed by atoms with Crippen molar-refractivity contribution < 1.29 is 17.2 Å². The normalized spacial score (nSPS) is 11.7. The van der Waals surface area contributed by atoms with Crippen LogP contribution < -0.4 is 5.32 Å². The zero-order valence-corrected chi connectivity index (χ0v) is 22.5. The Labute approximate surface area is 226 Å². The van der Waals surface area contributed by atoms with Crippen LogP contribution in [0.1, 0.15) is 27.9 Å². The van der Waals surface area contributed by atoms with Crippen LogP contribution in [0, 0.1) is 25.5 Å². The molecule has 39 heavy (non-hydrogen) atoms. The summed E-state index contributed by atoms with van der Waals surface area (Å²) in [5, 5.41) is 4.43. The van der Waals surface area contributed by atoms with Gasteiger partial charge in [-0.05, 0) is 54.7 Å². The van der Waals surface area contributed by atoms with Crippen LogP contribution in [0.5, 0.6) is 0 Å². The number of nitrogens with zero attached hydrogens (tertiary/aromatic N) is 3. The molecule has 0 saturated carbocycles. The second kappa shape index (κ2) is 10.9. The van der Waals surface area contributed by atoms with E-state index >= 15 is 0 Å². The van der Waals surface area contributed by atoms with E-state index in [0.29, 0.717) is 24.6 Å². The third-order valence-corrected chi connectivity index (χ3v) is 8.62. The number of rotatable bonds is 9. The number of hydrogen-bond acceptors (Lipinski definition) is 5. The number of nitrogens with one attached hydrogen (secondary N) is 1. The van der Waals surface area contributed by atoms with Gasteiger partial charge in [0.2, 0.25) is 0 Å². The second-order valence-corrected chi connectivity index (χ2v) is 11.5. The molecule has 0 fully saturated rings. The lowest BCUT2D eigenvalue weighted by atomic mass is 10.1. The molecule has 0 spiro atoms. The first-order valence-electron chi connectivity index (χ1n) is 12.6. The van der Waals surface area contributed by atoms with E-state index in [1.165, 1.54) is 5.56 Å². The van der Waals surface area contributed by atoms with E-state index in [0.717, 1.165) is 52.3 Å². The second-order valence-electron chi connectivity index (χ2n) is 9.53. The molecule has 0 bridgehead atoms. The minimum absolute atomic E-state index is 0.369. The topological polar surface area (TPSA) is 76.9 Å². The number of sulfone groups is 1. The van der Waals surface area contributed by atoms with E-state index in [-0.39, 0.29) is 5.75 Å². The predicted octanol–water partition coefficient (Wildman–Crippen LogP) is 6.00. The first-order chi connectivity index (χ1) is 18.7. The molecule has 0 radical (unpaired) electrons. The Morgan fingerprint density at radius 3 is 2.31 bits per heavy atom. The van der Waals surface area contributed by atoms with Gasteiger partial charge in [0.25, 0.3) is 0 Å². The van der Waals surface area contributed by atoms with E-state index in [9.17, 15) is 17.2 Å². The molecule has 1 N–H and O–H groups in total. The van der Waals surface area contributed by atoms with E-state index in [4.69, 9.17) is 0 Å². The molecule has 0 aliphatic heterocycles. The van der Waals surface area contributed by atoms with Gasteiger partial charge in [0.15, 0.2) is 9.84 Å². The Balaban J connectivity index is 1.26. The Morgan fingerprint density at radius 1 is 0.872 bits per heavy atom. The molecule has 6 nitrogen and oxygen atoms in total. The van der Waals surface area contributed by atoms with Gasteiger partial charge in [-0.3, -0.25) is 0 Å². The summed E-state index contributed by atoms with van der Waals surface area (Å²) in [6, 6.07) is 19.9. The molecule has 200 valence electrons. The van der Waals surface area contributed by atoms with Gasteiger partial charge >= 0.3 is 0 Å². The van der Waals surface area contributed by atoms with Gasteiger partial charge in [-0.2, -0.15) is 0 Å². The van der Waals surface area contributed by atoms with Gasteiger partial charge in [0, 0.05) is 24.8 Å². The molecule has 5 rings (SSSR count). The summed E-state index contributed by atoms with van der Waals surface area (Å²) in [5.74, 6) is -1.50. The Bertz CT molecular complexity index is 1740. The molecule has 0 saturated heterocycles. The Hall–Kier alpha value is -4.11. The number of fused-ring (bicyclic) bond motifs is 1. The van der Waals surface area contributed by atoms with Crippen LogP contribution in [0.3, 0.4) is 0 Å². The van der Waals surface area contributed by atoms with Crippen molar-refractivity contribution in [1.29, 1.82) is 0 Å². The molecular formula is C30H28F2N4O2S. The van der Waals surface area contributed by atoms with E-state index in [1.807, 2.05) is 30.3 Å². The van der Waals surface area contributed by atoms with Crippen LogP contribution in [-0.2, 0) is 28.6 Å². The summed E-state index contributed by atoms with van der Waals surface area (Å²) in [5.41, 5.74) is 5.89. The number of benzene rings is 3. The van der Waals surface area contributed by atoms with Crippen molar-refractivity contribution in [2.45, 2.75) is 37.5 Å². The SMILES string of the molecule is Cc1c(C)n(Cc2ccccc2)c2ncnc(NCCc3ccc(CS(=O)(=O)c4ccc(F)cc4F)cc3)c12. The molecule has 3 aromatic carbocycles. The molecule has 0 unspecified atom stereocenters. The third-order valence-electron chi connectivity index (χ3n) is 6.90. The lowest BCUT2D eigenvalue weighted by Gasteiger charge is -2.10. The zero-order valence-electron chi connectivity index (χ0n) is 21.7. The van der Waals surface area contributed by atoms with Crippen molar-refractivity contribution in [2.24, 2.45) is 0 Å². The highest BCUT2D eigenvalue weighted by Crippen LogP contribution is 2.29. The van der Waals surface area contributed by atoms with E-state index in [2.05, 4.69) is 45.8 Å². The maximum absolute atomic E-state index is 14.0. The maximum atomic E-state index is 14.0. The van der Waals surface area contributed by atoms with Gasteiger partial charge in [0.05, 0.1) is 11.1 Å². The van der Waals surface area contributed by atoms with Crippen LogP contribution in [0.4, 0.5) is 14.6 Å². The fourth-order valence-electron chi connectivity index (χ4n) is 4.71. The van der Waals surface area contributed by atoms with Gasteiger partial charge < -0.3 is 9.88 Å². The van der Waals surface area contributed by atoms with Crippen molar-refractivity contribution in [3.05, 3.63) is 119 Å². The molecule has 0 aliphatic rings. The number of aromatic nitrogens is 3. The number of halogens is 2. The Morgan fingerprint density at radius 2 is 1.59 bits per heavy atom. The molecule has 2 aromatic heterocycles. The fraction of sp³-hybridized carbons (Fsp3) is 0.200. The molecule has 0 atom stereocenters. The maximum Gasteiger partial charge on any atom is 0.185 e. The molecule has 5 aromatic rings. The largest absolute Gasteiger partial charge is 0.369 e. The Kier molecular flexibility index (Phi) is 7.43. The lowest BCUT2D eigenvalue weighted by Crippen LogP contribution is -2.09. The van der Waals surface area contributed by atoms with Crippen LogP contribution in [0.25, 0.3) is 11.0 Å². The molecule has 0 amide bonds. The summed E-state index contributed by atoms with van der Waals surface area (Å²) in [4.78, 5) is 8.57. The molecule has 9 heteroatoms. The highest BCUT2D eigenvalue weighted by Gasteiger charge is 2.20. The van der Waals surface area contributed by atoms with Gasteiger partial charge in [-0.15, -0.1) is 0 Å². The van der Waals surface area contributed by atoms with E-state index < -0.39 is 26.4 Å². The van der Waals surface area contributed by atoms with E-state index in [1.54, 1.807) is 18.5 Å². The van der Waals surface area contributed by atoms with Gasteiger partial charge in [-0.25, -0.2) is 27.2 Å². The van der Waals surface area contributed by atoms with Crippen LogP contribution in [-0.4, -0.2) is 29.5 Å². The minimum Gasteiger partial charge on any atom is -0.369 e. The zero-order chi connectivity index (χ0) is 27.6. The first kappa shape index (κ1) is 26.5.